The summed E-state index contributed by atoms with van der Waals surface area (Å²) in [6.07, 6.45) is 4.03. The first kappa shape index (κ1) is 17.2. The zero-order valence-electron chi connectivity index (χ0n) is 15.8. The number of methoxy groups -OCH3 is 1. The van der Waals surface area contributed by atoms with Crippen molar-refractivity contribution >= 4 is 11.6 Å². The molecule has 2 aliphatic rings. The van der Waals surface area contributed by atoms with E-state index < -0.39 is 0 Å². The Morgan fingerprint density at radius 2 is 1.85 bits per heavy atom. The van der Waals surface area contributed by atoms with Gasteiger partial charge in [-0.15, -0.1) is 0 Å². The zero-order valence-corrected chi connectivity index (χ0v) is 15.8. The largest absolute Gasteiger partial charge is 0.377 e. The van der Waals surface area contributed by atoms with Gasteiger partial charge in [0, 0.05) is 45.7 Å². The fourth-order valence-corrected chi connectivity index (χ4v) is 4.49. The molecule has 0 saturated carbocycles. The first-order valence-electron chi connectivity index (χ1n) is 9.33. The molecule has 1 amide bonds. The number of amides is 1. The fourth-order valence-electron chi connectivity index (χ4n) is 4.49. The SMILES string of the molecule is COC1CN(c2ccc(C)cc2)C12CCN(C(=O)c1cccn1C)CC2. The van der Waals surface area contributed by atoms with Crippen LogP contribution in [0.25, 0.3) is 0 Å². The van der Waals surface area contributed by atoms with Gasteiger partial charge in [0.05, 0.1) is 11.6 Å². The molecule has 2 aromatic rings. The molecule has 1 spiro atoms. The number of nitrogens with zero attached hydrogens (tertiary/aromatic N) is 3. The van der Waals surface area contributed by atoms with Gasteiger partial charge in [0.1, 0.15) is 5.69 Å². The number of ether oxygens (including phenoxy) is 1. The predicted octanol–water partition coefficient (Wildman–Crippen LogP) is 2.84. The summed E-state index contributed by atoms with van der Waals surface area (Å²) in [5, 5.41) is 0. The molecule has 26 heavy (non-hydrogen) atoms. The van der Waals surface area contributed by atoms with E-state index in [9.17, 15) is 4.79 Å². The van der Waals surface area contributed by atoms with Crippen molar-refractivity contribution in [2.24, 2.45) is 7.05 Å². The van der Waals surface area contributed by atoms with Gasteiger partial charge < -0.3 is 19.1 Å². The summed E-state index contributed by atoms with van der Waals surface area (Å²) < 4.78 is 7.69. The van der Waals surface area contributed by atoms with Crippen LogP contribution in [0.3, 0.4) is 0 Å². The summed E-state index contributed by atoms with van der Waals surface area (Å²) in [5.74, 6) is 0.127. The lowest BCUT2D eigenvalue weighted by atomic mass is 9.73. The van der Waals surface area contributed by atoms with Crippen molar-refractivity contribution in [3.63, 3.8) is 0 Å². The summed E-state index contributed by atoms with van der Waals surface area (Å²) in [6.45, 7) is 4.57. The molecule has 5 heteroatoms. The van der Waals surface area contributed by atoms with Crippen molar-refractivity contribution in [1.82, 2.24) is 9.47 Å². The quantitative estimate of drug-likeness (QED) is 0.852. The highest BCUT2D eigenvalue weighted by molar-refractivity contribution is 5.92. The number of anilines is 1. The Balaban J connectivity index is 1.51. The van der Waals surface area contributed by atoms with Crippen molar-refractivity contribution in [1.29, 1.82) is 0 Å². The van der Waals surface area contributed by atoms with E-state index in [1.54, 1.807) is 7.11 Å². The van der Waals surface area contributed by atoms with Crippen molar-refractivity contribution in [2.45, 2.75) is 31.4 Å². The van der Waals surface area contributed by atoms with Crippen LogP contribution in [0.1, 0.15) is 28.9 Å². The third kappa shape index (κ3) is 2.62. The van der Waals surface area contributed by atoms with Crippen molar-refractivity contribution < 1.29 is 9.53 Å². The molecule has 4 rings (SSSR count). The zero-order chi connectivity index (χ0) is 18.3. The third-order valence-electron chi connectivity index (χ3n) is 6.19. The molecule has 138 valence electrons. The molecule has 0 N–H and O–H groups in total. The summed E-state index contributed by atoms with van der Waals surface area (Å²) in [5.41, 5.74) is 3.29. The van der Waals surface area contributed by atoms with E-state index in [4.69, 9.17) is 4.74 Å². The predicted molar refractivity (Wildman–Crippen MR) is 103 cm³/mol. The van der Waals surface area contributed by atoms with Gasteiger partial charge in [0.25, 0.3) is 5.91 Å². The van der Waals surface area contributed by atoms with E-state index in [0.717, 1.165) is 38.2 Å². The molecule has 5 nitrogen and oxygen atoms in total. The molecule has 2 aliphatic heterocycles. The molecular formula is C21H27N3O2. The molecule has 0 radical (unpaired) electrons. The number of rotatable bonds is 3. The monoisotopic (exact) mass is 353 g/mol. The summed E-state index contributed by atoms with van der Waals surface area (Å²) in [6, 6.07) is 12.5. The summed E-state index contributed by atoms with van der Waals surface area (Å²) in [7, 11) is 3.73. The highest BCUT2D eigenvalue weighted by atomic mass is 16.5. The molecule has 1 atom stereocenters. The van der Waals surface area contributed by atoms with Gasteiger partial charge in [0.15, 0.2) is 0 Å². The van der Waals surface area contributed by atoms with Gasteiger partial charge in [0.2, 0.25) is 0 Å². The van der Waals surface area contributed by atoms with E-state index >= 15 is 0 Å². The Hall–Kier alpha value is -2.27. The Labute approximate surface area is 155 Å². The first-order chi connectivity index (χ1) is 12.5. The van der Waals surface area contributed by atoms with Crippen molar-refractivity contribution in [2.75, 3.05) is 31.6 Å². The van der Waals surface area contributed by atoms with Crippen LogP contribution < -0.4 is 4.90 Å². The Morgan fingerprint density at radius 3 is 2.42 bits per heavy atom. The molecule has 2 fully saturated rings. The standard InChI is InChI=1S/C21H27N3O2/c1-16-6-8-17(9-7-16)24-15-19(26-3)21(24)10-13-23(14-11-21)20(25)18-5-4-12-22(18)2/h4-9,12,19H,10-11,13-15H2,1-3H3. The Kier molecular flexibility index (Phi) is 4.27. The molecule has 0 bridgehead atoms. The first-order valence-corrected chi connectivity index (χ1v) is 9.33. The lowest BCUT2D eigenvalue weighted by molar-refractivity contribution is -0.0434. The molecule has 3 heterocycles. The minimum Gasteiger partial charge on any atom is -0.377 e. The maximum absolute atomic E-state index is 12.8. The summed E-state index contributed by atoms with van der Waals surface area (Å²) in [4.78, 5) is 17.3. The van der Waals surface area contributed by atoms with Gasteiger partial charge >= 0.3 is 0 Å². The maximum Gasteiger partial charge on any atom is 0.270 e. The molecule has 1 aromatic heterocycles. The van der Waals surface area contributed by atoms with Crippen LogP contribution in [0.5, 0.6) is 0 Å². The number of likely N-dealkylation sites (tertiary alicyclic amines) is 1. The highest BCUT2D eigenvalue weighted by Crippen LogP contribution is 2.44. The van der Waals surface area contributed by atoms with Crippen LogP contribution in [0.4, 0.5) is 5.69 Å². The second kappa shape index (κ2) is 6.47. The van der Waals surface area contributed by atoms with E-state index in [0.29, 0.717) is 0 Å². The number of aryl methyl sites for hydroxylation is 2. The normalized spacial score (nSPS) is 21.7. The topological polar surface area (TPSA) is 37.7 Å². The number of hydrogen-bond acceptors (Lipinski definition) is 3. The van der Waals surface area contributed by atoms with E-state index in [2.05, 4.69) is 36.1 Å². The van der Waals surface area contributed by atoms with E-state index in [1.807, 2.05) is 34.8 Å². The van der Waals surface area contributed by atoms with Crippen LogP contribution >= 0.6 is 0 Å². The number of benzene rings is 1. The Morgan fingerprint density at radius 1 is 1.15 bits per heavy atom. The minimum absolute atomic E-state index is 0.00893. The number of hydrogen-bond donors (Lipinski definition) is 0. The lowest BCUT2D eigenvalue weighted by Crippen LogP contribution is -2.74. The molecular weight excluding hydrogens is 326 g/mol. The maximum atomic E-state index is 12.8. The smallest absolute Gasteiger partial charge is 0.270 e. The number of piperidine rings is 1. The second-order valence-electron chi connectivity index (χ2n) is 7.57. The fraction of sp³-hybridized carbons (Fsp3) is 0.476. The van der Waals surface area contributed by atoms with Crippen LogP contribution in [0.2, 0.25) is 0 Å². The Bertz CT molecular complexity index is 788. The number of carbonyl (C=O) groups excluding carboxylic acids is 1. The summed E-state index contributed by atoms with van der Waals surface area (Å²) >= 11 is 0. The molecule has 2 saturated heterocycles. The van der Waals surface area contributed by atoms with Crippen molar-refractivity contribution in [3.05, 3.63) is 53.9 Å². The highest BCUT2D eigenvalue weighted by Gasteiger charge is 2.55. The van der Waals surface area contributed by atoms with Crippen LogP contribution in [0, 0.1) is 6.92 Å². The average molecular weight is 353 g/mol. The van der Waals surface area contributed by atoms with Gasteiger partial charge in [-0.2, -0.15) is 0 Å². The molecule has 0 aliphatic carbocycles. The number of aromatic nitrogens is 1. The van der Waals surface area contributed by atoms with Crippen LogP contribution in [-0.4, -0.2) is 53.8 Å². The van der Waals surface area contributed by atoms with Crippen molar-refractivity contribution in [3.8, 4) is 0 Å². The van der Waals surface area contributed by atoms with Gasteiger partial charge in [-0.3, -0.25) is 4.79 Å². The van der Waals surface area contributed by atoms with Crippen LogP contribution in [0.15, 0.2) is 42.6 Å². The number of carbonyl (C=O) groups is 1. The lowest BCUT2D eigenvalue weighted by Gasteiger charge is -2.61. The van der Waals surface area contributed by atoms with Crippen LogP contribution in [-0.2, 0) is 11.8 Å². The molecule has 1 aromatic carbocycles. The van der Waals surface area contributed by atoms with Gasteiger partial charge in [-0.05, 0) is 44.0 Å². The molecule has 1 unspecified atom stereocenters. The second-order valence-corrected chi connectivity index (χ2v) is 7.57. The average Bonchev–Trinajstić information content (AvgIpc) is 3.08. The van der Waals surface area contributed by atoms with E-state index in [1.165, 1.54) is 11.3 Å². The third-order valence-corrected chi connectivity index (χ3v) is 6.19. The van der Waals surface area contributed by atoms with Gasteiger partial charge in [-0.1, -0.05) is 17.7 Å². The van der Waals surface area contributed by atoms with E-state index in [-0.39, 0.29) is 17.6 Å². The minimum atomic E-state index is 0.00893. The van der Waals surface area contributed by atoms with Gasteiger partial charge in [-0.25, -0.2) is 0 Å².